The average Bonchev–Trinajstić information content (AvgIpc) is 2.36. The number of hydrogen-bond acceptors (Lipinski definition) is 7. The molecule has 1 rings (SSSR count). The smallest absolute Gasteiger partial charge is 0.236 e. The quantitative estimate of drug-likeness (QED) is 0.566. The Morgan fingerprint density at radius 1 is 0.857 bits per heavy atom. The normalized spacial score (nSPS) is 45.0. The Labute approximate surface area is 125 Å². The summed E-state index contributed by atoms with van der Waals surface area (Å²) in [6.45, 7) is 6.95. The van der Waals surface area contributed by atoms with Crippen LogP contribution in [0.5, 0.6) is 0 Å². The average molecular weight is 344 g/mol. The van der Waals surface area contributed by atoms with Crippen molar-refractivity contribution in [1.29, 1.82) is 0 Å². The van der Waals surface area contributed by atoms with Gasteiger partial charge in [0.25, 0.3) is 0 Å². The largest absolute Gasteiger partial charge is 0.382 e. The summed E-state index contributed by atoms with van der Waals surface area (Å²) in [6.07, 6.45) is -2.13. The highest BCUT2D eigenvalue weighted by Gasteiger charge is 2.56. The second kappa shape index (κ2) is 6.79. The van der Waals surface area contributed by atoms with E-state index in [9.17, 15) is 29.6 Å². The fraction of sp³-hybridized carbons (Fsp3) is 1.00. The summed E-state index contributed by atoms with van der Waals surface area (Å²) in [6, 6.07) is 0. The van der Waals surface area contributed by atoms with Crippen molar-refractivity contribution >= 4 is 14.5 Å². The van der Waals surface area contributed by atoms with E-state index < -0.39 is 38.3 Å². The lowest BCUT2D eigenvalue weighted by atomic mass is 10.3. The van der Waals surface area contributed by atoms with Crippen LogP contribution in [0.2, 0.25) is 0 Å². The molecule has 9 heteroatoms. The molecule has 0 radical (unpaired) electrons. The SMILES string of the molecule is CC(C)CP1(=O)OC(O)C(O)P(=O)(CC(C)C)C(O)C1O. The summed E-state index contributed by atoms with van der Waals surface area (Å²) in [5, 5.41) is 40.3. The van der Waals surface area contributed by atoms with Crippen LogP contribution in [0.1, 0.15) is 27.7 Å². The predicted octanol–water partition coefficient (Wildman–Crippen LogP) is 1.24. The molecular weight excluding hydrogens is 318 g/mol. The lowest BCUT2D eigenvalue weighted by molar-refractivity contribution is -0.0723. The van der Waals surface area contributed by atoms with Gasteiger partial charge in [0.05, 0.1) is 0 Å². The first kappa shape index (κ1) is 19.3. The van der Waals surface area contributed by atoms with Crippen LogP contribution in [-0.4, -0.2) is 56.6 Å². The molecule has 1 fully saturated rings. The van der Waals surface area contributed by atoms with Crippen LogP contribution in [0, 0.1) is 11.8 Å². The van der Waals surface area contributed by atoms with Gasteiger partial charge in [0.2, 0.25) is 7.37 Å². The highest BCUT2D eigenvalue weighted by atomic mass is 31.2. The Balaban J connectivity index is 3.26. The molecule has 0 aromatic carbocycles. The van der Waals surface area contributed by atoms with Crippen LogP contribution in [0.4, 0.5) is 0 Å². The standard InChI is InChI=1S/C12H26O7P2/c1-7(2)5-20(17)10(14)9(13)19-21(18,6-8(3)4)12(16)11(20)15/h7-16H,5-6H2,1-4H3. The van der Waals surface area contributed by atoms with Crippen LogP contribution in [-0.2, 0) is 13.7 Å². The van der Waals surface area contributed by atoms with E-state index in [0.29, 0.717) is 0 Å². The summed E-state index contributed by atoms with van der Waals surface area (Å²) >= 11 is 0. The summed E-state index contributed by atoms with van der Waals surface area (Å²) in [4.78, 5) is 0. The molecule has 0 aliphatic carbocycles. The molecule has 0 spiro atoms. The molecule has 6 atom stereocenters. The second-order valence-corrected chi connectivity index (χ2v) is 12.2. The molecule has 1 aliphatic rings. The molecule has 1 aliphatic heterocycles. The fourth-order valence-electron chi connectivity index (χ4n) is 2.55. The third-order valence-corrected chi connectivity index (χ3v) is 10.1. The maximum Gasteiger partial charge on any atom is 0.236 e. The van der Waals surface area contributed by atoms with Gasteiger partial charge in [-0.2, -0.15) is 0 Å². The highest BCUT2D eigenvalue weighted by Crippen LogP contribution is 2.68. The first-order valence-electron chi connectivity index (χ1n) is 7.02. The van der Waals surface area contributed by atoms with E-state index >= 15 is 0 Å². The molecular formula is C12H26O7P2. The maximum absolute atomic E-state index is 12.9. The zero-order chi connectivity index (χ0) is 16.6. The number of aliphatic hydroxyl groups is 4. The van der Waals surface area contributed by atoms with Crippen molar-refractivity contribution in [3.05, 3.63) is 0 Å². The second-order valence-electron chi connectivity index (χ2n) is 6.47. The van der Waals surface area contributed by atoms with Gasteiger partial charge >= 0.3 is 0 Å². The molecule has 0 bridgehead atoms. The first-order chi connectivity index (χ1) is 9.44. The minimum Gasteiger partial charge on any atom is -0.382 e. The Morgan fingerprint density at radius 2 is 1.33 bits per heavy atom. The molecule has 0 aromatic heterocycles. The van der Waals surface area contributed by atoms with Gasteiger partial charge in [-0.15, -0.1) is 0 Å². The van der Waals surface area contributed by atoms with E-state index in [4.69, 9.17) is 4.52 Å². The molecule has 1 saturated heterocycles. The number of rotatable bonds is 4. The van der Waals surface area contributed by atoms with Crippen LogP contribution in [0.25, 0.3) is 0 Å². The third kappa shape index (κ3) is 3.97. The first-order valence-corrected chi connectivity index (χ1v) is 10.9. The van der Waals surface area contributed by atoms with Crippen LogP contribution in [0.15, 0.2) is 0 Å². The van der Waals surface area contributed by atoms with E-state index in [2.05, 4.69) is 0 Å². The molecule has 0 saturated carbocycles. The van der Waals surface area contributed by atoms with Gasteiger partial charge in [0, 0.05) is 12.3 Å². The lowest BCUT2D eigenvalue weighted by Crippen LogP contribution is -2.33. The van der Waals surface area contributed by atoms with Gasteiger partial charge in [-0.05, 0) is 11.8 Å². The third-order valence-electron chi connectivity index (χ3n) is 3.38. The van der Waals surface area contributed by atoms with Gasteiger partial charge in [-0.1, -0.05) is 27.7 Å². The molecule has 0 aromatic rings. The van der Waals surface area contributed by atoms with E-state index in [0.717, 1.165) is 0 Å². The molecule has 0 amide bonds. The summed E-state index contributed by atoms with van der Waals surface area (Å²) in [5.41, 5.74) is 0. The van der Waals surface area contributed by atoms with Gasteiger partial charge in [-0.3, -0.25) is 9.09 Å². The van der Waals surface area contributed by atoms with Crippen molar-refractivity contribution in [1.82, 2.24) is 0 Å². The van der Waals surface area contributed by atoms with Crippen LogP contribution >= 0.6 is 14.5 Å². The van der Waals surface area contributed by atoms with Crippen molar-refractivity contribution in [2.45, 2.75) is 51.5 Å². The number of aliphatic hydroxyl groups excluding tert-OH is 4. The summed E-state index contributed by atoms with van der Waals surface area (Å²) in [7, 11) is -7.67. The highest BCUT2D eigenvalue weighted by molar-refractivity contribution is 7.67. The van der Waals surface area contributed by atoms with Crippen molar-refractivity contribution in [2.24, 2.45) is 11.8 Å². The number of hydrogen-bond donors (Lipinski definition) is 4. The van der Waals surface area contributed by atoms with Crippen molar-refractivity contribution in [2.75, 3.05) is 12.3 Å². The van der Waals surface area contributed by atoms with Gasteiger partial charge in [0.1, 0.15) is 5.85 Å². The molecule has 1 heterocycles. The lowest BCUT2D eigenvalue weighted by Gasteiger charge is -2.30. The zero-order valence-corrected chi connectivity index (χ0v) is 14.6. The minimum atomic E-state index is -3.85. The molecule has 21 heavy (non-hydrogen) atoms. The Kier molecular flexibility index (Phi) is 6.25. The molecule has 126 valence electrons. The van der Waals surface area contributed by atoms with E-state index in [1.165, 1.54) is 0 Å². The van der Waals surface area contributed by atoms with Crippen molar-refractivity contribution in [3.63, 3.8) is 0 Å². The molecule has 7 nitrogen and oxygen atoms in total. The van der Waals surface area contributed by atoms with Crippen LogP contribution in [0.3, 0.4) is 0 Å². The Hall–Kier alpha value is 0.260. The molecule has 4 N–H and O–H groups in total. The molecule has 6 unspecified atom stereocenters. The zero-order valence-electron chi connectivity index (χ0n) is 12.8. The fourth-order valence-corrected chi connectivity index (χ4v) is 9.09. The minimum absolute atomic E-state index is 0.0866. The van der Waals surface area contributed by atoms with E-state index in [1.807, 2.05) is 0 Å². The van der Waals surface area contributed by atoms with Crippen LogP contribution < -0.4 is 0 Å². The van der Waals surface area contributed by atoms with Crippen molar-refractivity contribution < 1.29 is 34.1 Å². The van der Waals surface area contributed by atoms with Gasteiger partial charge in [0.15, 0.2) is 25.1 Å². The topological polar surface area (TPSA) is 124 Å². The van der Waals surface area contributed by atoms with Crippen molar-refractivity contribution in [3.8, 4) is 0 Å². The maximum atomic E-state index is 12.9. The van der Waals surface area contributed by atoms with Gasteiger partial charge in [-0.25, -0.2) is 0 Å². The summed E-state index contributed by atoms with van der Waals surface area (Å²) in [5.74, 6) is -5.91. The van der Waals surface area contributed by atoms with E-state index in [-0.39, 0.29) is 24.2 Å². The Morgan fingerprint density at radius 3 is 1.76 bits per heavy atom. The predicted molar refractivity (Wildman–Crippen MR) is 79.7 cm³/mol. The monoisotopic (exact) mass is 344 g/mol. The van der Waals surface area contributed by atoms with E-state index in [1.54, 1.807) is 27.7 Å². The van der Waals surface area contributed by atoms with Gasteiger partial charge < -0.3 is 25.0 Å². The summed E-state index contributed by atoms with van der Waals surface area (Å²) < 4.78 is 30.6. The Bertz CT molecular complexity index is 451.